The number of primary sulfonamides is 1. The lowest BCUT2D eigenvalue weighted by molar-refractivity contribution is -0.136. The molecule has 0 bridgehead atoms. The van der Waals surface area contributed by atoms with E-state index in [2.05, 4.69) is 32.3 Å². The van der Waals surface area contributed by atoms with Crippen LogP contribution in [0.2, 0.25) is 0 Å². The average Bonchev–Trinajstić information content (AvgIpc) is 3.11. The van der Waals surface area contributed by atoms with E-state index in [1.165, 1.54) is 18.2 Å². The highest BCUT2D eigenvalue weighted by atomic mass is 32.2. The minimum Gasteiger partial charge on any atom is -0.347 e. The van der Waals surface area contributed by atoms with Gasteiger partial charge >= 0.3 is 11.8 Å². The van der Waals surface area contributed by atoms with Crippen LogP contribution in [0.15, 0.2) is 57.4 Å². The topological polar surface area (TPSA) is 178 Å². The maximum atomic E-state index is 12.3. The van der Waals surface area contributed by atoms with Crippen LogP contribution >= 0.6 is 0 Å². The number of carbonyl (C=O) groups excluding carboxylic acids is 3. The first-order valence-corrected chi connectivity index (χ1v) is 11.2. The van der Waals surface area contributed by atoms with E-state index >= 15 is 0 Å². The standard InChI is InChI=1S/C20H21N7O5S/c1-11-10-16(27(26-11)20-23-13(3)12(2)17(28)25-20)24-19(30)18(29)22-9-8-14-4-6-15(7-5-14)33(21,31)32/h4-7,10H,2,8-9H2,1,3H3,(H,22,29)(H,24,30)(H2,21,31,32). The van der Waals surface area contributed by atoms with Crippen molar-refractivity contribution in [2.45, 2.75) is 25.2 Å². The van der Waals surface area contributed by atoms with Gasteiger partial charge in [0.15, 0.2) is 0 Å². The first-order valence-electron chi connectivity index (χ1n) is 9.61. The minimum absolute atomic E-state index is 0.0188. The smallest absolute Gasteiger partial charge is 0.314 e. The molecule has 33 heavy (non-hydrogen) atoms. The Labute approximate surface area is 189 Å². The van der Waals surface area contributed by atoms with Crippen LogP contribution < -0.4 is 15.8 Å². The summed E-state index contributed by atoms with van der Waals surface area (Å²) in [7, 11) is -3.78. The number of hydrogen-bond acceptors (Lipinski definition) is 7. The second-order valence-corrected chi connectivity index (χ2v) is 8.69. The van der Waals surface area contributed by atoms with Gasteiger partial charge < -0.3 is 10.6 Å². The first kappa shape index (κ1) is 23.7. The number of sulfonamides is 1. The molecule has 1 aliphatic heterocycles. The molecule has 0 aliphatic carbocycles. The SMILES string of the molecule is C=C1C(=O)N=C(n2nc(C)cc2NC(=O)C(=O)NCCc2ccc(S(N)(=O)=O)cc2)N=C1C. The predicted molar refractivity (Wildman–Crippen MR) is 120 cm³/mol. The minimum atomic E-state index is -3.78. The van der Waals surface area contributed by atoms with Crippen molar-refractivity contribution in [3.63, 3.8) is 0 Å². The molecule has 0 saturated heterocycles. The van der Waals surface area contributed by atoms with Gasteiger partial charge in [0.2, 0.25) is 10.0 Å². The van der Waals surface area contributed by atoms with E-state index in [0.717, 1.165) is 10.2 Å². The van der Waals surface area contributed by atoms with Gasteiger partial charge in [-0.2, -0.15) is 14.8 Å². The highest BCUT2D eigenvalue weighted by Gasteiger charge is 2.23. The van der Waals surface area contributed by atoms with Crippen LogP contribution in [0.25, 0.3) is 0 Å². The van der Waals surface area contributed by atoms with Crippen LogP contribution in [0, 0.1) is 6.92 Å². The van der Waals surface area contributed by atoms with E-state index < -0.39 is 27.7 Å². The number of carbonyl (C=O) groups is 3. The average molecular weight is 471 g/mol. The number of hydrogen-bond donors (Lipinski definition) is 3. The number of nitrogens with one attached hydrogen (secondary N) is 2. The molecular weight excluding hydrogens is 450 g/mol. The van der Waals surface area contributed by atoms with Gasteiger partial charge in [0, 0.05) is 12.6 Å². The molecule has 12 nitrogen and oxygen atoms in total. The monoisotopic (exact) mass is 471 g/mol. The molecule has 0 saturated carbocycles. The molecule has 2 heterocycles. The number of nitrogens with zero attached hydrogens (tertiary/aromatic N) is 4. The van der Waals surface area contributed by atoms with E-state index in [1.54, 1.807) is 26.0 Å². The van der Waals surface area contributed by atoms with E-state index in [-0.39, 0.29) is 28.8 Å². The van der Waals surface area contributed by atoms with Crippen LogP contribution in [-0.4, -0.2) is 54.1 Å². The molecule has 0 radical (unpaired) electrons. The fraction of sp³-hybridized carbons (Fsp3) is 0.200. The molecule has 3 amide bonds. The van der Waals surface area contributed by atoms with Gasteiger partial charge in [-0.1, -0.05) is 18.7 Å². The Bertz CT molecular complexity index is 1320. The summed E-state index contributed by atoms with van der Waals surface area (Å²) in [6, 6.07) is 7.36. The molecule has 1 aromatic heterocycles. The third-order valence-electron chi connectivity index (χ3n) is 4.58. The predicted octanol–water partition coefficient (Wildman–Crippen LogP) is -0.102. The van der Waals surface area contributed by atoms with E-state index in [4.69, 9.17) is 5.14 Å². The molecule has 0 fully saturated rings. The summed E-state index contributed by atoms with van der Waals surface area (Å²) >= 11 is 0. The van der Waals surface area contributed by atoms with E-state index in [9.17, 15) is 22.8 Å². The molecule has 13 heteroatoms. The van der Waals surface area contributed by atoms with Crippen molar-refractivity contribution >= 4 is 45.2 Å². The molecule has 1 aromatic carbocycles. The first-order chi connectivity index (χ1) is 15.5. The zero-order valence-electron chi connectivity index (χ0n) is 17.8. The molecular formula is C20H21N7O5S. The Balaban J connectivity index is 1.62. The van der Waals surface area contributed by atoms with Gasteiger partial charge in [-0.25, -0.2) is 18.5 Å². The number of rotatable bonds is 5. The van der Waals surface area contributed by atoms with Gasteiger partial charge in [-0.05, 0) is 38.0 Å². The normalized spacial score (nSPS) is 13.9. The Morgan fingerprint density at radius 1 is 1.12 bits per heavy atom. The van der Waals surface area contributed by atoms with Crippen LogP contribution in [0.4, 0.5) is 5.82 Å². The molecule has 1 aliphatic rings. The fourth-order valence-corrected chi connectivity index (χ4v) is 3.33. The maximum Gasteiger partial charge on any atom is 0.314 e. The highest BCUT2D eigenvalue weighted by Crippen LogP contribution is 2.15. The summed E-state index contributed by atoms with van der Waals surface area (Å²) in [4.78, 5) is 44.4. The summed E-state index contributed by atoms with van der Waals surface area (Å²) < 4.78 is 23.7. The summed E-state index contributed by atoms with van der Waals surface area (Å²) in [5, 5.41) is 14.1. The third-order valence-corrected chi connectivity index (χ3v) is 5.51. The number of aryl methyl sites for hydroxylation is 1. The van der Waals surface area contributed by atoms with Crippen molar-refractivity contribution in [2.75, 3.05) is 11.9 Å². The summed E-state index contributed by atoms with van der Waals surface area (Å²) in [5.41, 5.74) is 1.77. The van der Waals surface area contributed by atoms with Crippen molar-refractivity contribution in [2.24, 2.45) is 15.1 Å². The fourth-order valence-electron chi connectivity index (χ4n) is 2.81. The van der Waals surface area contributed by atoms with Gasteiger partial charge in [-0.3, -0.25) is 14.4 Å². The second kappa shape index (κ2) is 9.26. The molecule has 0 spiro atoms. The Morgan fingerprint density at radius 3 is 2.39 bits per heavy atom. The lowest BCUT2D eigenvalue weighted by atomic mass is 10.1. The molecule has 0 atom stereocenters. The molecule has 4 N–H and O–H groups in total. The summed E-state index contributed by atoms with van der Waals surface area (Å²) in [6.45, 7) is 6.99. The van der Waals surface area contributed by atoms with Gasteiger partial charge in [0.1, 0.15) is 5.82 Å². The molecule has 172 valence electrons. The van der Waals surface area contributed by atoms with Crippen LogP contribution in [0.5, 0.6) is 0 Å². The Hall–Kier alpha value is -3.97. The largest absolute Gasteiger partial charge is 0.347 e. The number of aliphatic imine (C=N–C) groups is 2. The lowest BCUT2D eigenvalue weighted by Crippen LogP contribution is -2.37. The number of amides is 3. The Morgan fingerprint density at radius 2 is 1.79 bits per heavy atom. The zero-order chi connectivity index (χ0) is 24.3. The molecule has 3 rings (SSSR count). The third kappa shape index (κ3) is 5.64. The van der Waals surface area contributed by atoms with Crippen LogP contribution in [0.1, 0.15) is 18.2 Å². The van der Waals surface area contributed by atoms with Crippen molar-refractivity contribution < 1.29 is 22.8 Å². The van der Waals surface area contributed by atoms with Gasteiger partial charge in [-0.15, -0.1) is 0 Å². The number of aromatic nitrogens is 2. The summed E-state index contributed by atoms with van der Waals surface area (Å²) in [5.74, 6) is -2.36. The van der Waals surface area contributed by atoms with Crippen molar-refractivity contribution in [3.8, 4) is 0 Å². The van der Waals surface area contributed by atoms with E-state index in [0.29, 0.717) is 17.8 Å². The van der Waals surface area contributed by atoms with Crippen molar-refractivity contribution in [1.82, 2.24) is 15.1 Å². The number of nitrogens with two attached hydrogens (primary N) is 1. The quantitative estimate of drug-likeness (QED) is 0.405. The van der Waals surface area contributed by atoms with Gasteiger partial charge in [0.05, 0.1) is 21.9 Å². The number of anilines is 1. The van der Waals surface area contributed by atoms with Gasteiger partial charge in [0.25, 0.3) is 11.9 Å². The number of benzene rings is 1. The lowest BCUT2D eigenvalue weighted by Gasteiger charge is -2.12. The second-order valence-electron chi connectivity index (χ2n) is 7.12. The highest BCUT2D eigenvalue weighted by molar-refractivity contribution is 7.89. The van der Waals surface area contributed by atoms with Crippen LogP contribution in [-0.2, 0) is 30.8 Å². The van der Waals surface area contributed by atoms with Crippen LogP contribution in [0.3, 0.4) is 0 Å². The summed E-state index contributed by atoms with van der Waals surface area (Å²) in [6.07, 6.45) is 0.359. The Kier molecular flexibility index (Phi) is 6.65. The zero-order valence-corrected chi connectivity index (χ0v) is 18.6. The van der Waals surface area contributed by atoms with Crippen molar-refractivity contribution in [1.29, 1.82) is 0 Å². The molecule has 2 aromatic rings. The van der Waals surface area contributed by atoms with E-state index in [1.807, 2.05) is 0 Å². The molecule has 0 unspecified atom stereocenters. The van der Waals surface area contributed by atoms with Crippen molar-refractivity contribution in [3.05, 3.63) is 53.7 Å². The maximum absolute atomic E-state index is 12.3.